The molecule has 0 saturated heterocycles. The highest BCUT2D eigenvalue weighted by Gasteiger charge is 2.18. The second-order valence-corrected chi connectivity index (χ2v) is 5.13. The smallest absolute Gasteiger partial charge is 0.124 e. The highest BCUT2D eigenvalue weighted by molar-refractivity contribution is 7.80. The maximum Gasteiger partial charge on any atom is 0.124 e. The molecular formula is C12H17FN2OS. The molecule has 3 N–H and O–H groups in total. The molecule has 0 bridgehead atoms. The van der Waals surface area contributed by atoms with Crippen molar-refractivity contribution in [2.45, 2.75) is 19.4 Å². The molecule has 0 aliphatic rings. The van der Waals surface area contributed by atoms with Crippen molar-refractivity contribution < 1.29 is 9.50 Å². The topological polar surface area (TPSA) is 49.5 Å². The number of nitrogens with zero attached hydrogens (tertiary/aromatic N) is 1. The van der Waals surface area contributed by atoms with Crippen LogP contribution in [0.5, 0.6) is 0 Å². The molecule has 0 saturated carbocycles. The maximum atomic E-state index is 13.1. The molecule has 0 atom stereocenters. The van der Waals surface area contributed by atoms with Gasteiger partial charge in [0.2, 0.25) is 0 Å². The van der Waals surface area contributed by atoms with E-state index < -0.39 is 5.60 Å². The Labute approximate surface area is 106 Å². The molecule has 0 radical (unpaired) electrons. The van der Waals surface area contributed by atoms with E-state index in [1.165, 1.54) is 12.1 Å². The third-order valence-corrected chi connectivity index (χ3v) is 2.48. The standard InChI is InChI=1S/C12H17FN2OS/c1-12(2,16)7-15(3)10-5-4-8(13)6-9(10)11(14)17/h4-6,16H,7H2,1-3H3,(H2,14,17). The van der Waals surface area contributed by atoms with Gasteiger partial charge < -0.3 is 15.7 Å². The van der Waals surface area contributed by atoms with Gasteiger partial charge in [0.05, 0.1) is 5.60 Å². The Morgan fingerprint density at radius 2 is 2.12 bits per heavy atom. The van der Waals surface area contributed by atoms with Crippen molar-refractivity contribution >= 4 is 22.9 Å². The summed E-state index contributed by atoms with van der Waals surface area (Å²) < 4.78 is 13.1. The number of anilines is 1. The number of thiocarbonyl (C=S) groups is 1. The lowest BCUT2D eigenvalue weighted by Gasteiger charge is -2.28. The van der Waals surface area contributed by atoms with Crippen LogP contribution in [0.15, 0.2) is 18.2 Å². The molecule has 94 valence electrons. The second-order valence-electron chi connectivity index (χ2n) is 4.69. The van der Waals surface area contributed by atoms with Crippen LogP contribution in [-0.2, 0) is 0 Å². The first-order valence-corrected chi connectivity index (χ1v) is 5.64. The number of hydrogen-bond donors (Lipinski definition) is 2. The van der Waals surface area contributed by atoms with Crippen LogP contribution in [0.4, 0.5) is 10.1 Å². The maximum absolute atomic E-state index is 13.1. The molecule has 0 aliphatic heterocycles. The Morgan fingerprint density at radius 1 is 1.53 bits per heavy atom. The van der Waals surface area contributed by atoms with E-state index in [9.17, 15) is 9.50 Å². The summed E-state index contributed by atoms with van der Waals surface area (Å²) in [5, 5.41) is 9.75. The van der Waals surface area contributed by atoms with E-state index in [2.05, 4.69) is 0 Å². The van der Waals surface area contributed by atoms with Gasteiger partial charge in [0.15, 0.2) is 0 Å². The molecule has 0 heterocycles. The fourth-order valence-corrected chi connectivity index (χ4v) is 1.87. The van der Waals surface area contributed by atoms with Crippen molar-refractivity contribution in [3.05, 3.63) is 29.6 Å². The van der Waals surface area contributed by atoms with Gasteiger partial charge in [-0.25, -0.2) is 4.39 Å². The van der Waals surface area contributed by atoms with Crippen molar-refractivity contribution in [1.29, 1.82) is 0 Å². The summed E-state index contributed by atoms with van der Waals surface area (Å²) in [6, 6.07) is 4.26. The molecule has 0 aliphatic carbocycles. The first-order chi connectivity index (χ1) is 7.70. The van der Waals surface area contributed by atoms with E-state index in [-0.39, 0.29) is 10.8 Å². The molecule has 0 unspecified atom stereocenters. The van der Waals surface area contributed by atoms with E-state index in [1.807, 2.05) is 0 Å². The van der Waals surface area contributed by atoms with Crippen LogP contribution in [0, 0.1) is 5.82 Å². The molecule has 1 aromatic carbocycles. The fraction of sp³-hybridized carbons (Fsp3) is 0.417. The fourth-order valence-electron chi connectivity index (χ4n) is 1.70. The average molecular weight is 256 g/mol. The molecule has 0 spiro atoms. The summed E-state index contributed by atoms with van der Waals surface area (Å²) in [5.41, 5.74) is 5.90. The van der Waals surface area contributed by atoms with Crippen LogP contribution in [0.2, 0.25) is 0 Å². The predicted molar refractivity (Wildman–Crippen MR) is 71.9 cm³/mol. The van der Waals surface area contributed by atoms with Crippen LogP contribution >= 0.6 is 12.2 Å². The quantitative estimate of drug-likeness (QED) is 0.805. The number of aliphatic hydroxyl groups is 1. The van der Waals surface area contributed by atoms with Gasteiger partial charge in [-0.05, 0) is 32.0 Å². The van der Waals surface area contributed by atoms with Crippen LogP contribution < -0.4 is 10.6 Å². The number of rotatable bonds is 4. The molecule has 0 aromatic heterocycles. The van der Waals surface area contributed by atoms with Crippen molar-refractivity contribution in [3.63, 3.8) is 0 Å². The van der Waals surface area contributed by atoms with Gasteiger partial charge in [-0.1, -0.05) is 12.2 Å². The minimum atomic E-state index is -0.851. The SMILES string of the molecule is CN(CC(C)(C)O)c1ccc(F)cc1C(N)=S. The van der Waals surface area contributed by atoms with Gasteiger partial charge >= 0.3 is 0 Å². The summed E-state index contributed by atoms with van der Waals surface area (Å²) in [7, 11) is 1.80. The second kappa shape index (κ2) is 4.98. The lowest BCUT2D eigenvalue weighted by Crippen LogP contribution is -2.37. The molecule has 17 heavy (non-hydrogen) atoms. The zero-order valence-electron chi connectivity index (χ0n) is 10.2. The minimum Gasteiger partial charge on any atom is -0.389 e. The molecule has 0 fully saturated rings. The Hall–Kier alpha value is -1.20. The van der Waals surface area contributed by atoms with Crippen molar-refractivity contribution in [1.82, 2.24) is 0 Å². The molecule has 1 rings (SSSR count). The Kier molecular flexibility index (Phi) is 4.06. The summed E-state index contributed by atoms with van der Waals surface area (Å²) in [4.78, 5) is 1.94. The molecular weight excluding hydrogens is 239 g/mol. The van der Waals surface area contributed by atoms with Crippen molar-refractivity contribution in [2.75, 3.05) is 18.5 Å². The first-order valence-electron chi connectivity index (χ1n) is 5.23. The van der Waals surface area contributed by atoms with Gasteiger partial charge in [-0.15, -0.1) is 0 Å². The Bertz CT molecular complexity index is 429. The van der Waals surface area contributed by atoms with Crippen LogP contribution in [0.3, 0.4) is 0 Å². The zero-order chi connectivity index (χ0) is 13.2. The van der Waals surface area contributed by atoms with Gasteiger partial charge in [-0.2, -0.15) is 0 Å². The third-order valence-electron chi connectivity index (χ3n) is 2.26. The number of benzene rings is 1. The average Bonchev–Trinajstić information content (AvgIpc) is 2.14. The van der Waals surface area contributed by atoms with Crippen molar-refractivity contribution in [2.24, 2.45) is 5.73 Å². The normalized spacial score (nSPS) is 11.4. The predicted octanol–water partition coefficient (Wildman–Crippen LogP) is 1.67. The number of halogens is 1. The van der Waals surface area contributed by atoms with E-state index in [1.54, 1.807) is 31.9 Å². The van der Waals surface area contributed by atoms with E-state index >= 15 is 0 Å². The third kappa shape index (κ3) is 3.94. The molecule has 0 amide bonds. The van der Waals surface area contributed by atoms with Crippen LogP contribution in [0.25, 0.3) is 0 Å². The summed E-state index contributed by atoms with van der Waals surface area (Å²) in [6.45, 7) is 3.80. The number of likely N-dealkylation sites (N-methyl/N-ethyl adjacent to an activating group) is 1. The van der Waals surface area contributed by atoms with Gasteiger partial charge in [0.25, 0.3) is 0 Å². The monoisotopic (exact) mass is 256 g/mol. The van der Waals surface area contributed by atoms with E-state index in [0.717, 1.165) is 0 Å². The van der Waals surface area contributed by atoms with E-state index in [4.69, 9.17) is 18.0 Å². The van der Waals surface area contributed by atoms with Crippen molar-refractivity contribution in [3.8, 4) is 0 Å². The molecule has 1 aromatic rings. The molecule has 5 heteroatoms. The highest BCUT2D eigenvalue weighted by atomic mass is 32.1. The zero-order valence-corrected chi connectivity index (χ0v) is 11.0. The lowest BCUT2D eigenvalue weighted by molar-refractivity contribution is 0.0886. The van der Waals surface area contributed by atoms with Crippen LogP contribution in [-0.4, -0.2) is 29.3 Å². The lowest BCUT2D eigenvalue weighted by atomic mass is 10.1. The van der Waals surface area contributed by atoms with Gasteiger partial charge in [0.1, 0.15) is 10.8 Å². The number of nitrogens with two attached hydrogens (primary N) is 1. The summed E-state index contributed by atoms with van der Waals surface area (Å²) >= 11 is 4.89. The summed E-state index contributed by atoms with van der Waals surface area (Å²) in [6.07, 6.45) is 0. The Balaban J connectivity index is 3.09. The number of hydrogen-bond acceptors (Lipinski definition) is 3. The van der Waals surface area contributed by atoms with E-state index in [0.29, 0.717) is 17.8 Å². The van der Waals surface area contributed by atoms with Gasteiger partial charge in [0, 0.05) is 24.8 Å². The Morgan fingerprint density at radius 3 is 2.59 bits per heavy atom. The highest BCUT2D eigenvalue weighted by Crippen LogP contribution is 2.22. The molecule has 3 nitrogen and oxygen atoms in total. The minimum absolute atomic E-state index is 0.141. The van der Waals surface area contributed by atoms with Gasteiger partial charge in [-0.3, -0.25) is 0 Å². The largest absolute Gasteiger partial charge is 0.389 e. The first kappa shape index (κ1) is 13.9. The van der Waals surface area contributed by atoms with Crippen LogP contribution in [0.1, 0.15) is 19.4 Å². The summed E-state index contributed by atoms with van der Waals surface area (Å²) in [5.74, 6) is -0.381.